The van der Waals surface area contributed by atoms with Crippen LogP contribution in [0, 0.1) is 0 Å². The van der Waals surface area contributed by atoms with Crippen molar-refractivity contribution in [3.8, 4) is 0 Å². The normalized spacial score (nSPS) is 24.8. The van der Waals surface area contributed by atoms with Gasteiger partial charge in [-0.2, -0.15) is 0 Å². The van der Waals surface area contributed by atoms with Crippen molar-refractivity contribution in [2.45, 2.75) is 18.9 Å². The smallest absolute Gasteiger partial charge is 0.351 e. The molecule has 0 aromatic carbocycles. The number of hydrogen-bond donors (Lipinski definition) is 1. The molecule has 0 amide bonds. The van der Waals surface area contributed by atoms with Gasteiger partial charge in [0.1, 0.15) is 5.71 Å². The van der Waals surface area contributed by atoms with Crippen molar-refractivity contribution in [3.05, 3.63) is 22.6 Å². The Labute approximate surface area is 93.8 Å². The second-order valence-corrected chi connectivity index (χ2v) is 4.29. The van der Waals surface area contributed by atoms with Crippen LogP contribution < -0.4 is 0 Å². The number of rotatable bonds is 2. The highest BCUT2D eigenvalue weighted by atomic mass is 79.9. The molecule has 0 fully saturated rings. The minimum absolute atomic E-state index is 0.189. The van der Waals surface area contributed by atoms with Gasteiger partial charge in [-0.15, -0.1) is 0 Å². The Kier molecular flexibility index (Phi) is 2.30. The molecule has 2 heterocycles. The summed E-state index contributed by atoms with van der Waals surface area (Å²) >= 11 is 3.27. The van der Waals surface area contributed by atoms with Crippen LogP contribution in [0.15, 0.2) is 26.4 Å². The molecule has 1 aliphatic heterocycles. The van der Waals surface area contributed by atoms with Crippen molar-refractivity contribution in [3.63, 3.8) is 0 Å². The summed E-state index contributed by atoms with van der Waals surface area (Å²) in [6, 6.07) is 1.72. The zero-order valence-electron chi connectivity index (χ0n) is 7.86. The first-order chi connectivity index (χ1) is 7.03. The first-order valence-electron chi connectivity index (χ1n) is 4.25. The van der Waals surface area contributed by atoms with Crippen LogP contribution in [-0.4, -0.2) is 22.4 Å². The van der Waals surface area contributed by atoms with Crippen LogP contribution in [-0.2, 0) is 9.63 Å². The molecule has 5 nitrogen and oxygen atoms in total. The van der Waals surface area contributed by atoms with E-state index in [0.717, 1.165) is 4.47 Å². The summed E-state index contributed by atoms with van der Waals surface area (Å²) in [6.45, 7) is 1.47. The first-order valence-corrected chi connectivity index (χ1v) is 5.04. The van der Waals surface area contributed by atoms with E-state index in [0.29, 0.717) is 11.5 Å². The lowest BCUT2D eigenvalue weighted by Crippen LogP contribution is -2.35. The molecular weight excluding hydrogens is 266 g/mol. The van der Waals surface area contributed by atoms with Gasteiger partial charge in [-0.1, -0.05) is 5.16 Å². The van der Waals surface area contributed by atoms with Gasteiger partial charge in [-0.3, -0.25) is 0 Å². The molecule has 80 valence electrons. The van der Waals surface area contributed by atoms with Gasteiger partial charge in [0.2, 0.25) is 5.60 Å². The molecule has 6 heteroatoms. The lowest BCUT2D eigenvalue weighted by atomic mass is 9.99. The van der Waals surface area contributed by atoms with Crippen molar-refractivity contribution >= 4 is 27.6 Å². The summed E-state index contributed by atoms with van der Waals surface area (Å²) < 4.78 is 5.91. The third kappa shape index (κ3) is 1.65. The fourth-order valence-corrected chi connectivity index (χ4v) is 1.71. The number of oxime groups is 1. The third-order valence-electron chi connectivity index (χ3n) is 2.19. The number of furan rings is 1. The summed E-state index contributed by atoms with van der Waals surface area (Å²) in [4.78, 5) is 15.8. The van der Waals surface area contributed by atoms with Gasteiger partial charge in [0.25, 0.3) is 0 Å². The van der Waals surface area contributed by atoms with Gasteiger partial charge in [0.15, 0.2) is 5.76 Å². The number of carboxylic acid groups (broad SMARTS) is 1. The zero-order chi connectivity index (χ0) is 11.1. The lowest BCUT2D eigenvalue weighted by molar-refractivity contribution is -0.160. The van der Waals surface area contributed by atoms with Gasteiger partial charge in [-0.05, 0) is 28.9 Å². The Morgan fingerprint density at radius 2 is 2.47 bits per heavy atom. The van der Waals surface area contributed by atoms with E-state index in [1.54, 1.807) is 6.07 Å². The van der Waals surface area contributed by atoms with Crippen LogP contribution in [0.2, 0.25) is 0 Å². The summed E-state index contributed by atoms with van der Waals surface area (Å²) in [5.41, 5.74) is -0.793. The summed E-state index contributed by atoms with van der Waals surface area (Å²) in [7, 11) is 0. The van der Waals surface area contributed by atoms with Crippen LogP contribution in [0.3, 0.4) is 0 Å². The van der Waals surface area contributed by atoms with Crippen molar-refractivity contribution in [2.75, 3.05) is 0 Å². The lowest BCUT2D eigenvalue weighted by Gasteiger charge is -2.14. The standard InChI is InChI=1S/C9H8BrNO4/c1-9(8(12)13)4-6(11-15-9)7-5(10)2-3-14-7/h2-3H,4H2,1H3,(H,12,13). The number of carboxylic acids is 1. The van der Waals surface area contributed by atoms with Crippen LogP contribution in [0.4, 0.5) is 0 Å². The summed E-state index contributed by atoms with van der Waals surface area (Å²) in [6.07, 6.45) is 1.69. The predicted octanol–water partition coefficient (Wildman–Crippen LogP) is 2.01. The van der Waals surface area contributed by atoms with Crippen LogP contribution in [0.1, 0.15) is 19.1 Å². The van der Waals surface area contributed by atoms with E-state index in [-0.39, 0.29) is 6.42 Å². The highest BCUT2D eigenvalue weighted by Crippen LogP contribution is 2.30. The average Bonchev–Trinajstić information content (AvgIpc) is 2.73. The Bertz CT molecular complexity index is 439. The Balaban J connectivity index is 2.24. The minimum atomic E-state index is -1.29. The molecule has 1 aliphatic rings. The maximum absolute atomic E-state index is 10.9. The molecule has 1 aromatic heterocycles. The molecular formula is C9H8BrNO4. The number of carbonyl (C=O) groups is 1. The van der Waals surface area contributed by atoms with Gasteiger partial charge in [-0.25, -0.2) is 4.79 Å². The van der Waals surface area contributed by atoms with E-state index in [1.807, 2.05) is 0 Å². The van der Waals surface area contributed by atoms with E-state index in [2.05, 4.69) is 21.1 Å². The van der Waals surface area contributed by atoms with E-state index < -0.39 is 11.6 Å². The SMILES string of the molecule is CC1(C(=O)O)CC(c2occc2Br)=NO1. The number of halogens is 1. The number of hydrogen-bond acceptors (Lipinski definition) is 4. The molecule has 1 unspecified atom stereocenters. The third-order valence-corrected chi connectivity index (χ3v) is 2.82. The maximum atomic E-state index is 10.9. The maximum Gasteiger partial charge on any atom is 0.351 e. The molecule has 0 aliphatic carbocycles. The molecule has 0 spiro atoms. The summed E-state index contributed by atoms with van der Waals surface area (Å²) in [5, 5.41) is 12.6. The molecule has 0 bridgehead atoms. The number of nitrogens with zero attached hydrogens (tertiary/aromatic N) is 1. The average molecular weight is 274 g/mol. The van der Waals surface area contributed by atoms with E-state index in [9.17, 15) is 4.79 Å². The van der Waals surface area contributed by atoms with Gasteiger partial charge < -0.3 is 14.4 Å². The van der Waals surface area contributed by atoms with Crippen LogP contribution in [0.5, 0.6) is 0 Å². The van der Waals surface area contributed by atoms with Crippen molar-refractivity contribution in [1.29, 1.82) is 0 Å². The zero-order valence-corrected chi connectivity index (χ0v) is 9.44. The van der Waals surface area contributed by atoms with Crippen LogP contribution >= 0.6 is 15.9 Å². The molecule has 0 radical (unpaired) electrons. The summed E-state index contributed by atoms with van der Waals surface area (Å²) in [5.74, 6) is -0.524. The molecule has 1 atom stereocenters. The van der Waals surface area contributed by atoms with Crippen molar-refractivity contribution < 1.29 is 19.2 Å². The first kappa shape index (κ1) is 10.2. The molecule has 2 rings (SSSR count). The second-order valence-electron chi connectivity index (χ2n) is 3.44. The minimum Gasteiger partial charge on any atom is -0.478 e. The number of aliphatic carboxylic acids is 1. The van der Waals surface area contributed by atoms with Crippen molar-refractivity contribution in [1.82, 2.24) is 0 Å². The fourth-order valence-electron chi connectivity index (χ4n) is 1.28. The van der Waals surface area contributed by atoms with Gasteiger partial charge in [0, 0.05) is 0 Å². The molecule has 1 aromatic rings. The molecule has 0 saturated carbocycles. The Morgan fingerprint density at radius 3 is 2.93 bits per heavy atom. The quantitative estimate of drug-likeness (QED) is 0.895. The second kappa shape index (κ2) is 3.37. The highest BCUT2D eigenvalue weighted by Gasteiger charge is 2.43. The van der Waals surface area contributed by atoms with Gasteiger partial charge >= 0.3 is 5.97 Å². The fraction of sp³-hybridized carbons (Fsp3) is 0.333. The predicted molar refractivity (Wildman–Crippen MR) is 54.7 cm³/mol. The van der Waals surface area contributed by atoms with E-state index in [4.69, 9.17) is 14.4 Å². The van der Waals surface area contributed by atoms with Crippen LogP contribution in [0.25, 0.3) is 0 Å². The molecule has 0 saturated heterocycles. The van der Waals surface area contributed by atoms with Crippen molar-refractivity contribution in [2.24, 2.45) is 5.16 Å². The van der Waals surface area contributed by atoms with Gasteiger partial charge in [0.05, 0.1) is 17.2 Å². The Hall–Kier alpha value is -1.30. The van der Waals surface area contributed by atoms with E-state index >= 15 is 0 Å². The largest absolute Gasteiger partial charge is 0.478 e. The highest BCUT2D eigenvalue weighted by molar-refractivity contribution is 9.10. The molecule has 15 heavy (non-hydrogen) atoms. The topological polar surface area (TPSA) is 72.0 Å². The molecule has 1 N–H and O–H groups in total. The van der Waals surface area contributed by atoms with E-state index in [1.165, 1.54) is 13.2 Å². The Morgan fingerprint density at radius 1 is 1.73 bits per heavy atom. The monoisotopic (exact) mass is 273 g/mol.